The molecule has 1 rings (SSSR count). The molecular weight excluding hydrogens is 242 g/mol. The SMILES string of the molecule is O=S(=O)(Cl)C1(Cl)C=CC=CC1Cl. The highest BCUT2D eigenvalue weighted by atomic mass is 35.7. The van der Waals surface area contributed by atoms with E-state index < -0.39 is 18.6 Å². The zero-order chi connectivity index (χ0) is 9.41. The molecular formula is C6H5Cl3O2S. The topological polar surface area (TPSA) is 34.1 Å². The van der Waals surface area contributed by atoms with Gasteiger partial charge in [0.05, 0.1) is 5.38 Å². The van der Waals surface area contributed by atoms with Gasteiger partial charge in [0.2, 0.25) is 0 Å². The van der Waals surface area contributed by atoms with Crippen LogP contribution in [0.15, 0.2) is 24.3 Å². The summed E-state index contributed by atoms with van der Waals surface area (Å²) in [6, 6.07) is 0. The van der Waals surface area contributed by atoms with Gasteiger partial charge in [-0.15, -0.1) is 11.6 Å². The van der Waals surface area contributed by atoms with Crippen LogP contribution in [0.2, 0.25) is 0 Å². The Bertz CT molecular complexity index is 333. The van der Waals surface area contributed by atoms with Crippen LogP contribution in [0.5, 0.6) is 0 Å². The van der Waals surface area contributed by atoms with Crippen LogP contribution >= 0.6 is 33.9 Å². The number of hydrogen-bond donors (Lipinski definition) is 0. The van der Waals surface area contributed by atoms with Crippen molar-refractivity contribution in [2.24, 2.45) is 0 Å². The van der Waals surface area contributed by atoms with Crippen molar-refractivity contribution in [1.29, 1.82) is 0 Å². The maximum absolute atomic E-state index is 11.0. The third-order valence-electron chi connectivity index (χ3n) is 1.46. The first-order valence-corrected chi connectivity index (χ1v) is 6.13. The monoisotopic (exact) mass is 246 g/mol. The quantitative estimate of drug-likeness (QED) is 0.526. The van der Waals surface area contributed by atoms with Crippen molar-refractivity contribution in [3.05, 3.63) is 24.3 Å². The van der Waals surface area contributed by atoms with Crippen molar-refractivity contribution < 1.29 is 8.42 Å². The summed E-state index contributed by atoms with van der Waals surface area (Å²) in [6.45, 7) is 0. The van der Waals surface area contributed by atoms with E-state index in [0.29, 0.717) is 0 Å². The van der Waals surface area contributed by atoms with Crippen LogP contribution in [0.3, 0.4) is 0 Å². The Labute approximate surface area is 85.2 Å². The van der Waals surface area contributed by atoms with Gasteiger partial charge in [0.1, 0.15) is 0 Å². The summed E-state index contributed by atoms with van der Waals surface area (Å²) in [5.41, 5.74) is 0. The number of hydrogen-bond acceptors (Lipinski definition) is 2. The average molecular weight is 248 g/mol. The molecule has 1 aliphatic rings. The van der Waals surface area contributed by atoms with Gasteiger partial charge in [0.25, 0.3) is 9.05 Å². The molecule has 0 radical (unpaired) electrons. The van der Waals surface area contributed by atoms with E-state index in [-0.39, 0.29) is 0 Å². The van der Waals surface area contributed by atoms with Crippen LogP contribution in [0, 0.1) is 0 Å². The van der Waals surface area contributed by atoms with Crippen LogP contribution in [0.25, 0.3) is 0 Å². The molecule has 0 bridgehead atoms. The Hall–Kier alpha value is 0.300. The number of alkyl halides is 2. The van der Waals surface area contributed by atoms with Gasteiger partial charge in [-0.3, -0.25) is 0 Å². The summed E-state index contributed by atoms with van der Waals surface area (Å²) < 4.78 is 20.2. The molecule has 68 valence electrons. The van der Waals surface area contributed by atoms with Gasteiger partial charge >= 0.3 is 0 Å². The molecule has 6 heteroatoms. The van der Waals surface area contributed by atoms with Crippen molar-refractivity contribution >= 4 is 42.9 Å². The Balaban J connectivity index is 3.16. The molecule has 0 aromatic rings. The van der Waals surface area contributed by atoms with Gasteiger partial charge in [-0.05, 0) is 6.08 Å². The minimum Gasteiger partial charge on any atom is -0.210 e. The fourth-order valence-corrected chi connectivity index (χ4v) is 2.61. The average Bonchev–Trinajstić information content (AvgIpc) is 1.93. The molecule has 2 unspecified atom stereocenters. The smallest absolute Gasteiger partial charge is 0.210 e. The molecule has 0 fully saturated rings. The molecule has 0 heterocycles. The second-order valence-corrected chi connectivity index (χ2v) is 6.37. The molecule has 0 aromatic carbocycles. The van der Waals surface area contributed by atoms with E-state index in [1.165, 1.54) is 18.2 Å². The lowest BCUT2D eigenvalue weighted by Gasteiger charge is -2.24. The third-order valence-corrected chi connectivity index (χ3v) is 5.31. The van der Waals surface area contributed by atoms with Gasteiger partial charge in [0.15, 0.2) is 4.21 Å². The van der Waals surface area contributed by atoms with Gasteiger partial charge in [0, 0.05) is 10.7 Å². The fourth-order valence-electron chi connectivity index (χ4n) is 0.787. The van der Waals surface area contributed by atoms with E-state index in [2.05, 4.69) is 0 Å². The normalized spacial score (nSPS) is 35.4. The fraction of sp³-hybridized carbons (Fsp3) is 0.333. The molecule has 0 amide bonds. The van der Waals surface area contributed by atoms with E-state index in [1.807, 2.05) is 0 Å². The largest absolute Gasteiger partial charge is 0.257 e. The molecule has 0 N–H and O–H groups in total. The molecule has 0 aliphatic heterocycles. The highest BCUT2D eigenvalue weighted by Crippen LogP contribution is 2.37. The number of halogens is 3. The van der Waals surface area contributed by atoms with Crippen molar-refractivity contribution in [1.82, 2.24) is 0 Å². The van der Waals surface area contributed by atoms with Crippen molar-refractivity contribution in [3.8, 4) is 0 Å². The molecule has 0 spiro atoms. The maximum Gasteiger partial charge on any atom is 0.257 e. The zero-order valence-corrected chi connectivity index (χ0v) is 8.83. The zero-order valence-electron chi connectivity index (χ0n) is 5.75. The summed E-state index contributed by atoms with van der Waals surface area (Å²) in [7, 11) is 1.21. The van der Waals surface area contributed by atoms with Crippen molar-refractivity contribution in [2.45, 2.75) is 9.58 Å². The highest BCUT2D eigenvalue weighted by Gasteiger charge is 2.45. The van der Waals surface area contributed by atoms with Crippen molar-refractivity contribution in [3.63, 3.8) is 0 Å². The molecule has 12 heavy (non-hydrogen) atoms. The minimum atomic E-state index is -3.91. The Morgan fingerprint density at radius 2 is 1.92 bits per heavy atom. The van der Waals surface area contributed by atoms with Gasteiger partial charge < -0.3 is 0 Å². The molecule has 1 aliphatic carbocycles. The summed E-state index contributed by atoms with van der Waals surface area (Å²) in [6.07, 6.45) is 5.83. The van der Waals surface area contributed by atoms with Crippen LogP contribution in [0.4, 0.5) is 0 Å². The first-order valence-electron chi connectivity index (χ1n) is 3.01. The van der Waals surface area contributed by atoms with E-state index in [0.717, 1.165) is 0 Å². The highest BCUT2D eigenvalue weighted by molar-refractivity contribution is 8.16. The number of rotatable bonds is 1. The molecule has 2 nitrogen and oxygen atoms in total. The van der Waals surface area contributed by atoms with Crippen LogP contribution in [-0.4, -0.2) is 18.0 Å². The van der Waals surface area contributed by atoms with E-state index in [9.17, 15) is 8.42 Å². The van der Waals surface area contributed by atoms with Crippen LogP contribution in [-0.2, 0) is 9.05 Å². The standard InChI is InChI=1S/C6H5Cl3O2S/c7-5-3-1-2-4-6(5,8)12(9,10)11/h1-5H. The van der Waals surface area contributed by atoms with Gasteiger partial charge in [-0.1, -0.05) is 29.8 Å². The van der Waals surface area contributed by atoms with Crippen molar-refractivity contribution in [2.75, 3.05) is 0 Å². The third kappa shape index (κ3) is 1.64. The van der Waals surface area contributed by atoms with E-state index >= 15 is 0 Å². The van der Waals surface area contributed by atoms with E-state index in [1.54, 1.807) is 6.08 Å². The van der Waals surface area contributed by atoms with Crippen LogP contribution in [0.1, 0.15) is 0 Å². The summed E-state index contributed by atoms with van der Waals surface area (Å²) in [5.74, 6) is 0. The second kappa shape index (κ2) is 3.22. The summed E-state index contributed by atoms with van der Waals surface area (Å²) in [5, 5.41) is -0.841. The molecule has 2 atom stereocenters. The van der Waals surface area contributed by atoms with E-state index in [4.69, 9.17) is 33.9 Å². The lowest BCUT2D eigenvalue weighted by atomic mass is 10.2. The molecule has 0 saturated heterocycles. The summed E-state index contributed by atoms with van der Waals surface area (Å²) >= 11 is 11.4. The Morgan fingerprint density at radius 1 is 1.33 bits per heavy atom. The second-order valence-electron chi connectivity index (χ2n) is 2.28. The lowest BCUT2D eigenvalue weighted by molar-refractivity contribution is 0.597. The van der Waals surface area contributed by atoms with Gasteiger partial charge in [-0.2, -0.15) is 0 Å². The Kier molecular flexibility index (Phi) is 2.78. The first kappa shape index (κ1) is 10.4. The molecule has 0 saturated carbocycles. The molecule has 0 aromatic heterocycles. The minimum absolute atomic E-state index is 0.841. The Morgan fingerprint density at radius 3 is 2.25 bits per heavy atom. The first-order chi connectivity index (χ1) is 5.38. The predicted octanol–water partition coefficient (Wildman–Crippen LogP) is 2.22. The number of allylic oxidation sites excluding steroid dienone is 3. The summed E-state index contributed by atoms with van der Waals surface area (Å²) in [4.78, 5) is 0. The maximum atomic E-state index is 11.0. The predicted molar refractivity (Wildman–Crippen MR) is 51.3 cm³/mol. The van der Waals surface area contributed by atoms with Crippen LogP contribution < -0.4 is 0 Å². The van der Waals surface area contributed by atoms with Gasteiger partial charge in [-0.25, -0.2) is 8.42 Å². The lowest BCUT2D eigenvalue weighted by Crippen LogP contribution is -2.36.